The number of para-hydroxylation sites is 1. The molecule has 5 atom stereocenters. The molecule has 2 aromatic heterocycles. The topological polar surface area (TPSA) is 166 Å². The number of nitrogens with one attached hydrogen (secondary N) is 1. The highest BCUT2D eigenvalue weighted by Crippen LogP contribution is 2.60. The monoisotopic (exact) mass is 790 g/mol. The van der Waals surface area contributed by atoms with Crippen molar-refractivity contribution in [1.82, 2.24) is 19.8 Å². The molecule has 4 aromatic rings. The summed E-state index contributed by atoms with van der Waals surface area (Å²) in [5.74, 6) is -6.68. The summed E-state index contributed by atoms with van der Waals surface area (Å²) in [6, 6.07) is 15.6. The largest absolute Gasteiger partial charge is 0.472 e. The fraction of sp³-hybridized carbons (Fsp3) is 0.512. The van der Waals surface area contributed by atoms with Crippen molar-refractivity contribution in [2.75, 3.05) is 6.54 Å². The van der Waals surface area contributed by atoms with Gasteiger partial charge in [-0.05, 0) is 62.5 Å². The van der Waals surface area contributed by atoms with Crippen molar-refractivity contribution in [2.45, 2.75) is 107 Å². The van der Waals surface area contributed by atoms with E-state index in [1.807, 2.05) is 48.5 Å². The van der Waals surface area contributed by atoms with Gasteiger partial charge in [0.2, 0.25) is 33.6 Å². The highest BCUT2D eigenvalue weighted by atomic mass is 32.2. The second kappa shape index (κ2) is 14.6. The fourth-order valence-electron chi connectivity index (χ4n) is 8.68. The van der Waals surface area contributed by atoms with Gasteiger partial charge in [-0.3, -0.25) is 23.9 Å². The Bertz CT molecular complexity index is 2330. The number of rotatable bonds is 8. The summed E-state index contributed by atoms with van der Waals surface area (Å²) >= 11 is 0. The van der Waals surface area contributed by atoms with Gasteiger partial charge in [0, 0.05) is 54.9 Å². The van der Waals surface area contributed by atoms with Crippen molar-refractivity contribution in [1.29, 1.82) is 0 Å². The highest BCUT2D eigenvalue weighted by Gasteiger charge is 2.64. The number of aromatic nitrogens is 2. The number of sulfonamides is 1. The number of halogens is 2. The Kier molecular flexibility index (Phi) is 9.94. The second-order valence-corrected chi connectivity index (χ2v) is 18.1. The van der Waals surface area contributed by atoms with Gasteiger partial charge in [0.15, 0.2) is 11.6 Å². The number of Topliss-reactive ketones (excluding diaryl/α,β-unsaturated/α-hetero) is 2. The van der Waals surface area contributed by atoms with Crippen LogP contribution in [0.4, 0.5) is 8.78 Å². The average molecular weight is 791 g/mol. The summed E-state index contributed by atoms with van der Waals surface area (Å²) in [7, 11) is -4.04. The molecule has 2 aliphatic heterocycles. The van der Waals surface area contributed by atoms with Crippen molar-refractivity contribution in [3.63, 3.8) is 0 Å². The molecular formula is C41H44F2N4O8S. The van der Waals surface area contributed by atoms with Crippen molar-refractivity contribution in [3.05, 3.63) is 66.1 Å². The molecule has 2 aromatic carbocycles. The summed E-state index contributed by atoms with van der Waals surface area (Å²) in [6.07, 6.45) is -0.838. The second-order valence-electron chi connectivity index (χ2n) is 16.1. The molecule has 2 saturated carbocycles. The third-order valence-corrected chi connectivity index (χ3v) is 13.8. The summed E-state index contributed by atoms with van der Waals surface area (Å²) in [4.78, 5) is 62.7. The van der Waals surface area contributed by atoms with Gasteiger partial charge in [0.1, 0.15) is 17.6 Å². The molecular weight excluding hydrogens is 747 g/mol. The van der Waals surface area contributed by atoms with Gasteiger partial charge < -0.3 is 14.2 Å². The number of alkyl halides is 2. The van der Waals surface area contributed by atoms with E-state index >= 15 is 8.78 Å². The summed E-state index contributed by atoms with van der Waals surface area (Å²) in [5.41, 5.74) is -0.926. The number of aryl methyl sites for hydroxylation is 1. The number of amides is 2. The molecule has 2 saturated heterocycles. The lowest BCUT2D eigenvalue weighted by Crippen LogP contribution is -2.46. The lowest BCUT2D eigenvalue weighted by molar-refractivity contribution is -0.142. The number of ether oxygens (including phenoxy) is 1. The zero-order valence-corrected chi connectivity index (χ0v) is 31.9. The molecule has 0 bridgehead atoms. The van der Waals surface area contributed by atoms with Crippen LogP contribution in [0.15, 0.2) is 59.1 Å². The maximum atomic E-state index is 15.4. The fourth-order valence-corrected chi connectivity index (χ4v) is 10.1. The van der Waals surface area contributed by atoms with E-state index in [1.165, 1.54) is 11.0 Å². The van der Waals surface area contributed by atoms with Crippen LogP contribution >= 0.6 is 0 Å². The third kappa shape index (κ3) is 7.66. The van der Waals surface area contributed by atoms with Crippen LogP contribution in [-0.4, -0.2) is 76.7 Å². The van der Waals surface area contributed by atoms with Crippen molar-refractivity contribution >= 4 is 55.1 Å². The zero-order chi connectivity index (χ0) is 39.4. The van der Waals surface area contributed by atoms with Gasteiger partial charge >= 0.3 is 0 Å². The predicted molar refractivity (Wildman–Crippen MR) is 200 cm³/mol. The summed E-state index contributed by atoms with van der Waals surface area (Å²) in [6.45, 7) is 1.60. The molecule has 296 valence electrons. The zero-order valence-electron chi connectivity index (χ0n) is 31.0. The predicted octanol–water partition coefficient (Wildman–Crippen LogP) is 6.49. The molecule has 1 N–H and O–H groups in total. The highest BCUT2D eigenvalue weighted by molar-refractivity contribution is 7.90. The quantitative estimate of drug-likeness (QED) is 0.154. The molecule has 12 nitrogen and oxygen atoms in total. The third-order valence-electron chi connectivity index (χ3n) is 12.0. The van der Waals surface area contributed by atoms with E-state index in [1.54, 1.807) is 6.92 Å². The molecule has 0 spiro atoms. The first-order chi connectivity index (χ1) is 26.7. The van der Waals surface area contributed by atoms with Crippen molar-refractivity contribution in [2.24, 2.45) is 17.3 Å². The first kappa shape index (κ1) is 38.1. The van der Waals surface area contributed by atoms with E-state index in [4.69, 9.17) is 14.2 Å². The van der Waals surface area contributed by atoms with Crippen LogP contribution in [0.3, 0.4) is 0 Å². The standard InChI is InChI=1S/C41H44F2N4O8S/c1-24-17-33(45-55-24)35(48)18-25-9-3-2-8-16-41(42,43)21-26-20-40(26,39(51)46-56(52,53)28-14-15-28)22-36(49)34-19-27(23-47(34)38(25)50)54-37-31-12-5-4-10-29(31)30-11-6-7-13-32(30)44-37/h4-7,10-13,17,25-28,34H,2-3,8-9,14-16,18-23H2,1H3,(H,46,51)/t25-,26+,27-,34+,40-/m1/s1. The van der Waals surface area contributed by atoms with Gasteiger partial charge in [-0.25, -0.2) is 22.2 Å². The number of pyridine rings is 1. The van der Waals surface area contributed by atoms with Gasteiger partial charge in [-0.2, -0.15) is 0 Å². The van der Waals surface area contributed by atoms with Crippen molar-refractivity contribution in [3.8, 4) is 5.88 Å². The molecule has 2 aliphatic carbocycles. The Morgan fingerprint density at radius 3 is 2.45 bits per heavy atom. The normalized spacial score (nSPS) is 27.2. The number of fused-ring (bicyclic) bond motifs is 5. The minimum Gasteiger partial charge on any atom is -0.472 e. The van der Waals surface area contributed by atoms with E-state index in [0.717, 1.165) is 16.2 Å². The van der Waals surface area contributed by atoms with Crippen LogP contribution < -0.4 is 9.46 Å². The average Bonchev–Trinajstić information content (AvgIpc) is 4.04. The summed E-state index contributed by atoms with van der Waals surface area (Å²) < 4.78 is 70.4. The van der Waals surface area contributed by atoms with Crippen LogP contribution in [0.2, 0.25) is 0 Å². The lowest BCUT2D eigenvalue weighted by Gasteiger charge is -2.29. The number of hydrogen-bond acceptors (Lipinski definition) is 10. The number of carbonyl (C=O) groups excluding carboxylic acids is 4. The molecule has 0 unspecified atom stereocenters. The SMILES string of the molecule is Cc1cc(C(=O)C[C@H]2CCCCCC(F)(F)C[C@@H]3C[C@@]3(C(=O)NS(=O)(=O)C3CC3)CC(=O)[C@@H]3C[C@@H](Oc4nc5ccccc5c5ccccc45)CN3C2=O)no1. The molecule has 4 fully saturated rings. The molecule has 8 rings (SSSR count). The van der Waals surface area contributed by atoms with Crippen molar-refractivity contribution < 1.29 is 45.6 Å². The first-order valence-corrected chi connectivity index (χ1v) is 21.0. The van der Waals surface area contributed by atoms with Crippen LogP contribution in [0.1, 0.15) is 93.3 Å². The minimum atomic E-state index is -4.04. The maximum Gasteiger partial charge on any atom is 0.248 e. The van der Waals surface area contributed by atoms with Crippen LogP contribution in [0, 0.1) is 24.2 Å². The van der Waals surface area contributed by atoms with Gasteiger partial charge in [-0.1, -0.05) is 54.4 Å². The van der Waals surface area contributed by atoms with Crippen LogP contribution in [-0.2, 0) is 24.4 Å². The smallest absolute Gasteiger partial charge is 0.248 e. The Hall–Kier alpha value is -4.79. The van der Waals surface area contributed by atoms with E-state index in [-0.39, 0.29) is 44.3 Å². The molecule has 4 heterocycles. The number of benzene rings is 2. The Labute approximate surface area is 322 Å². The molecule has 56 heavy (non-hydrogen) atoms. The Morgan fingerprint density at radius 2 is 1.71 bits per heavy atom. The molecule has 2 amide bonds. The van der Waals surface area contributed by atoms with E-state index in [9.17, 15) is 27.6 Å². The Morgan fingerprint density at radius 1 is 0.982 bits per heavy atom. The molecule has 15 heteroatoms. The number of carbonyl (C=O) groups is 4. The number of nitrogens with zero attached hydrogens (tertiary/aromatic N) is 3. The van der Waals surface area contributed by atoms with E-state index in [2.05, 4.69) is 9.88 Å². The van der Waals surface area contributed by atoms with Gasteiger partial charge in [-0.15, -0.1) is 0 Å². The van der Waals surface area contributed by atoms with E-state index < -0.39 is 93.2 Å². The Balaban J connectivity index is 1.14. The van der Waals surface area contributed by atoms with Crippen LogP contribution in [0.5, 0.6) is 5.88 Å². The van der Waals surface area contributed by atoms with E-state index in [0.29, 0.717) is 42.8 Å². The minimum absolute atomic E-state index is 0.00938. The van der Waals surface area contributed by atoms with Crippen LogP contribution in [0.25, 0.3) is 21.7 Å². The molecule has 0 radical (unpaired) electrons. The first-order valence-electron chi connectivity index (χ1n) is 19.4. The number of ketones is 2. The molecule has 4 aliphatic rings. The van der Waals surface area contributed by atoms with Gasteiger partial charge in [0.25, 0.3) is 0 Å². The lowest BCUT2D eigenvalue weighted by atomic mass is 9.89. The maximum absolute atomic E-state index is 15.4. The summed E-state index contributed by atoms with van der Waals surface area (Å²) in [5, 5.41) is 5.65. The number of hydrogen-bond donors (Lipinski definition) is 1. The van der Waals surface area contributed by atoms with Gasteiger partial charge in [0.05, 0.1) is 28.8 Å².